The number of methoxy groups -OCH3 is 1. The first kappa shape index (κ1) is 18.9. The Labute approximate surface area is 172 Å². The van der Waals surface area contributed by atoms with Crippen LogP contribution in [0.2, 0.25) is 0 Å². The van der Waals surface area contributed by atoms with Gasteiger partial charge in [-0.3, -0.25) is 14.3 Å². The van der Waals surface area contributed by atoms with Gasteiger partial charge in [0.1, 0.15) is 5.75 Å². The molecule has 4 aromatic rings. The minimum Gasteiger partial charge on any atom is -0.497 e. The molecule has 0 radical (unpaired) electrons. The molecule has 0 bridgehead atoms. The van der Waals surface area contributed by atoms with Crippen molar-refractivity contribution in [3.05, 3.63) is 84.7 Å². The summed E-state index contributed by atoms with van der Waals surface area (Å²) < 4.78 is 7.09. The Balaban J connectivity index is 1.62. The highest BCUT2D eigenvalue weighted by Crippen LogP contribution is 2.28. The van der Waals surface area contributed by atoms with Crippen molar-refractivity contribution in [1.82, 2.24) is 19.7 Å². The second kappa shape index (κ2) is 8.70. The predicted molar refractivity (Wildman–Crippen MR) is 113 cm³/mol. The van der Waals surface area contributed by atoms with Gasteiger partial charge in [-0.05, 0) is 48.5 Å². The molecule has 0 aliphatic heterocycles. The van der Waals surface area contributed by atoms with E-state index in [1.165, 1.54) is 11.8 Å². The standard InChI is InChI=1S/C22H18N4O2S/c1-28-19-11-9-16(10-12-19)20(27)15-29-22-25-24-21(17-6-5-13-23-14-17)26(22)18-7-3-2-4-8-18/h2-14H,15H2,1H3. The molecule has 0 unspecified atom stereocenters. The molecule has 2 aromatic heterocycles. The summed E-state index contributed by atoms with van der Waals surface area (Å²) in [5.74, 6) is 1.68. The van der Waals surface area contributed by atoms with Crippen molar-refractivity contribution in [1.29, 1.82) is 0 Å². The zero-order chi connectivity index (χ0) is 20.1. The van der Waals surface area contributed by atoms with Crippen LogP contribution in [0.15, 0.2) is 84.3 Å². The Hall–Kier alpha value is -3.45. The third-order valence-electron chi connectivity index (χ3n) is 4.31. The van der Waals surface area contributed by atoms with Crippen molar-refractivity contribution in [3.63, 3.8) is 0 Å². The molecule has 2 heterocycles. The number of para-hydroxylation sites is 1. The number of pyridine rings is 1. The van der Waals surface area contributed by atoms with Gasteiger partial charge in [0.05, 0.1) is 12.9 Å². The van der Waals surface area contributed by atoms with Crippen LogP contribution in [0.25, 0.3) is 17.1 Å². The van der Waals surface area contributed by atoms with E-state index in [-0.39, 0.29) is 11.5 Å². The molecule has 0 aliphatic rings. The summed E-state index contributed by atoms with van der Waals surface area (Å²) in [7, 11) is 1.60. The van der Waals surface area contributed by atoms with Crippen LogP contribution in [0.4, 0.5) is 0 Å². The largest absolute Gasteiger partial charge is 0.497 e. The van der Waals surface area contributed by atoms with Gasteiger partial charge < -0.3 is 4.74 Å². The highest BCUT2D eigenvalue weighted by atomic mass is 32.2. The van der Waals surface area contributed by atoms with Gasteiger partial charge in [0, 0.05) is 29.2 Å². The van der Waals surface area contributed by atoms with Crippen molar-refractivity contribution in [3.8, 4) is 22.8 Å². The van der Waals surface area contributed by atoms with Gasteiger partial charge in [-0.2, -0.15) is 0 Å². The number of thioether (sulfide) groups is 1. The molecule has 29 heavy (non-hydrogen) atoms. The summed E-state index contributed by atoms with van der Waals surface area (Å²) >= 11 is 1.36. The van der Waals surface area contributed by atoms with Crippen LogP contribution in [0, 0.1) is 0 Å². The predicted octanol–water partition coefficient (Wildman–Crippen LogP) is 4.31. The zero-order valence-corrected chi connectivity index (χ0v) is 16.5. The van der Waals surface area contributed by atoms with Gasteiger partial charge in [0.25, 0.3) is 0 Å². The maximum absolute atomic E-state index is 12.6. The third kappa shape index (κ3) is 4.20. The molecule has 4 rings (SSSR count). The lowest BCUT2D eigenvalue weighted by molar-refractivity contribution is 0.102. The van der Waals surface area contributed by atoms with Crippen molar-refractivity contribution >= 4 is 17.5 Å². The van der Waals surface area contributed by atoms with Gasteiger partial charge in [0.2, 0.25) is 0 Å². The molecule has 0 spiro atoms. The maximum atomic E-state index is 12.6. The second-order valence-electron chi connectivity index (χ2n) is 6.16. The molecular formula is C22H18N4O2S. The fraction of sp³-hybridized carbons (Fsp3) is 0.0909. The normalized spacial score (nSPS) is 10.7. The molecule has 0 N–H and O–H groups in total. The number of rotatable bonds is 7. The maximum Gasteiger partial charge on any atom is 0.196 e. The van der Waals surface area contributed by atoms with Gasteiger partial charge >= 0.3 is 0 Å². The summed E-state index contributed by atoms with van der Waals surface area (Å²) in [5, 5.41) is 9.35. The first-order valence-corrected chi connectivity index (χ1v) is 9.96. The molecule has 0 amide bonds. The minimum atomic E-state index is 0.0168. The Morgan fingerprint density at radius 1 is 1.00 bits per heavy atom. The Kier molecular flexibility index (Phi) is 5.67. The topological polar surface area (TPSA) is 69.9 Å². The smallest absolute Gasteiger partial charge is 0.196 e. The number of benzene rings is 2. The molecule has 0 saturated heterocycles. The molecule has 0 fully saturated rings. The molecule has 2 aromatic carbocycles. The third-order valence-corrected chi connectivity index (χ3v) is 5.24. The lowest BCUT2D eigenvalue weighted by atomic mass is 10.1. The van der Waals surface area contributed by atoms with E-state index in [1.807, 2.05) is 47.0 Å². The van der Waals surface area contributed by atoms with E-state index < -0.39 is 0 Å². The number of aromatic nitrogens is 4. The molecule has 6 nitrogen and oxygen atoms in total. The van der Waals surface area contributed by atoms with Crippen LogP contribution in [0.5, 0.6) is 5.75 Å². The van der Waals surface area contributed by atoms with E-state index in [2.05, 4.69) is 15.2 Å². The quantitative estimate of drug-likeness (QED) is 0.339. The molecule has 0 saturated carbocycles. The van der Waals surface area contributed by atoms with Gasteiger partial charge in [-0.1, -0.05) is 30.0 Å². The Bertz CT molecular complexity index is 1100. The van der Waals surface area contributed by atoms with Crippen molar-refractivity contribution in [2.75, 3.05) is 12.9 Å². The lowest BCUT2D eigenvalue weighted by Crippen LogP contribution is -2.05. The van der Waals surface area contributed by atoms with Crippen molar-refractivity contribution in [2.45, 2.75) is 5.16 Å². The fourth-order valence-corrected chi connectivity index (χ4v) is 3.69. The number of nitrogens with zero attached hydrogens (tertiary/aromatic N) is 4. The number of hydrogen-bond acceptors (Lipinski definition) is 6. The van der Waals surface area contributed by atoms with E-state index in [1.54, 1.807) is 43.8 Å². The zero-order valence-electron chi connectivity index (χ0n) is 15.7. The molecule has 0 aliphatic carbocycles. The van der Waals surface area contributed by atoms with E-state index in [4.69, 9.17) is 4.74 Å². The highest BCUT2D eigenvalue weighted by molar-refractivity contribution is 7.99. The highest BCUT2D eigenvalue weighted by Gasteiger charge is 2.17. The van der Waals surface area contributed by atoms with E-state index >= 15 is 0 Å². The van der Waals surface area contributed by atoms with Crippen LogP contribution in [0.1, 0.15) is 10.4 Å². The minimum absolute atomic E-state index is 0.0168. The van der Waals surface area contributed by atoms with Gasteiger partial charge in [0.15, 0.2) is 16.8 Å². The number of carbonyl (C=O) groups is 1. The summed E-state index contributed by atoms with van der Waals surface area (Å²) in [6.45, 7) is 0. The van der Waals surface area contributed by atoms with E-state index in [9.17, 15) is 4.79 Å². The summed E-state index contributed by atoms with van der Waals surface area (Å²) in [6.07, 6.45) is 3.47. The molecular weight excluding hydrogens is 384 g/mol. The summed E-state index contributed by atoms with van der Waals surface area (Å²) in [5.41, 5.74) is 2.42. The number of Topliss-reactive ketones (excluding diaryl/α,β-unsaturated/α-hetero) is 1. The van der Waals surface area contributed by atoms with E-state index in [0.717, 1.165) is 17.0 Å². The van der Waals surface area contributed by atoms with Crippen LogP contribution in [0.3, 0.4) is 0 Å². The number of carbonyl (C=O) groups excluding carboxylic acids is 1. The van der Waals surface area contributed by atoms with Crippen LogP contribution in [-0.2, 0) is 0 Å². The average Bonchev–Trinajstić information content (AvgIpc) is 3.22. The number of hydrogen-bond donors (Lipinski definition) is 0. The first-order chi connectivity index (χ1) is 14.3. The molecule has 144 valence electrons. The molecule has 0 atom stereocenters. The lowest BCUT2D eigenvalue weighted by Gasteiger charge is -2.10. The van der Waals surface area contributed by atoms with Crippen LogP contribution in [-0.4, -0.2) is 38.4 Å². The summed E-state index contributed by atoms with van der Waals surface area (Å²) in [6, 6.07) is 20.7. The second-order valence-corrected chi connectivity index (χ2v) is 7.10. The Morgan fingerprint density at radius 2 is 1.79 bits per heavy atom. The fourth-order valence-electron chi connectivity index (χ4n) is 2.85. The van der Waals surface area contributed by atoms with Crippen molar-refractivity contribution in [2.24, 2.45) is 0 Å². The van der Waals surface area contributed by atoms with Gasteiger partial charge in [-0.15, -0.1) is 10.2 Å². The Morgan fingerprint density at radius 3 is 2.48 bits per heavy atom. The van der Waals surface area contributed by atoms with Crippen LogP contribution >= 0.6 is 11.8 Å². The van der Waals surface area contributed by atoms with E-state index in [0.29, 0.717) is 16.5 Å². The molecule has 7 heteroatoms. The number of ether oxygens (including phenoxy) is 1. The van der Waals surface area contributed by atoms with Crippen molar-refractivity contribution < 1.29 is 9.53 Å². The summed E-state index contributed by atoms with van der Waals surface area (Å²) in [4.78, 5) is 16.8. The SMILES string of the molecule is COc1ccc(C(=O)CSc2nnc(-c3cccnc3)n2-c2ccccc2)cc1. The number of ketones is 1. The van der Waals surface area contributed by atoms with Gasteiger partial charge in [-0.25, -0.2) is 0 Å². The monoisotopic (exact) mass is 402 g/mol. The average molecular weight is 402 g/mol. The van der Waals surface area contributed by atoms with Crippen LogP contribution < -0.4 is 4.74 Å². The first-order valence-electron chi connectivity index (χ1n) is 8.97.